The van der Waals surface area contributed by atoms with Gasteiger partial charge in [-0.25, -0.2) is 0 Å². The molecule has 0 aliphatic heterocycles. The van der Waals surface area contributed by atoms with Crippen LogP contribution < -0.4 is 5.32 Å². The lowest BCUT2D eigenvalue weighted by atomic mass is 10.1. The van der Waals surface area contributed by atoms with Crippen LogP contribution in [0.5, 0.6) is 0 Å². The Hall–Kier alpha value is -0.0500. The van der Waals surface area contributed by atoms with E-state index in [1.807, 2.05) is 6.92 Å². The molecule has 2 unspecified atom stereocenters. The van der Waals surface area contributed by atoms with Crippen LogP contribution in [0.15, 0.2) is 0 Å². The maximum Gasteiger partial charge on any atom is 0.222 e. The molecule has 0 aliphatic rings. The van der Waals surface area contributed by atoms with Crippen molar-refractivity contribution in [3.63, 3.8) is 0 Å². The molecule has 0 heterocycles. The minimum absolute atomic E-state index is 0.145. The maximum absolute atomic E-state index is 11.5. The van der Waals surface area contributed by atoms with Gasteiger partial charge in [0.2, 0.25) is 5.91 Å². The van der Waals surface area contributed by atoms with Gasteiger partial charge in [-0.2, -0.15) is 0 Å². The second-order valence-corrected chi connectivity index (χ2v) is 5.37. The van der Waals surface area contributed by atoms with E-state index >= 15 is 0 Å². The van der Waals surface area contributed by atoms with Crippen LogP contribution in [0.25, 0.3) is 0 Å². The highest BCUT2D eigenvalue weighted by Gasteiger charge is 2.14. The Morgan fingerprint density at radius 3 is 2.36 bits per heavy atom. The Morgan fingerprint density at radius 1 is 1.36 bits per heavy atom. The first-order valence-corrected chi connectivity index (χ1v) is 6.32. The molecule has 0 saturated heterocycles. The van der Waals surface area contributed by atoms with Crippen molar-refractivity contribution in [3.8, 4) is 0 Å². The number of carbonyl (C=O) groups is 1. The Labute approximate surface area is 96.0 Å². The lowest BCUT2D eigenvalue weighted by Crippen LogP contribution is -2.35. The number of nitrogens with one attached hydrogen (secondary N) is 1. The van der Waals surface area contributed by atoms with Gasteiger partial charge in [0.05, 0.1) is 0 Å². The summed E-state index contributed by atoms with van der Waals surface area (Å²) >= 11 is 3.54. The highest BCUT2D eigenvalue weighted by Crippen LogP contribution is 2.11. The first kappa shape index (κ1) is 13.9. The fourth-order valence-corrected chi connectivity index (χ4v) is 1.33. The van der Waals surface area contributed by atoms with E-state index in [0.717, 1.165) is 19.4 Å². The predicted molar refractivity (Wildman–Crippen MR) is 64.6 cm³/mol. The highest BCUT2D eigenvalue weighted by atomic mass is 79.9. The molecule has 0 aliphatic carbocycles. The summed E-state index contributed by atoms with van der Waals surface area (Å²) in [5, 5.41) is 2.96. The molecule has 84 valence electrons. The lowest BCUT2D eigenvalue weighted by Gasteiger charge is -2.16. The van der Waals surface area contributed by atoms with Crippen molar-refractivity contribution < 1.29 is 4.79 Å². The second kappa shape index (κ2) is 7.27. The zero-order valence-corrected chi connectivity index (χ0v) is 11.2. The third-order valence-electron chi connectivity index (χ3n) is 2.36. The van der Waals surface area contributed by atoms with Gasteiger partial charge in [-0.3, -0.25) is 4.79 Å². The molecule has 0 aromatic rings. The van der Waals surface area contributed by atoms with Gasteiger partial charge in [-0.1, -0.05) is 50.0 Å². The molecule has 0 fully saturated rings. The second-order valence-electron chi connectivity index (χ2n) is 4.19. The van der Waals surface area contributed by atoms with Crippen LogP contribution in [-0.2, 0) is 4.79 Å². The van der Waals surface area contributed by atoms with Crippen LogP contribution in [0, 0.1) is 11.8 Å². The molecule has 14 heavy (non-hydrogen) atoms. The molecule has 2 nitrogen and oxygen atoms in total. The molecule has 2 atom stereocenters. The van der Waals surface area contributed by atoms with Gasteiger partial charge >= 0.3 is 0 Å². The van der Waals surface area contributed by atoms with Gasteiger partial charge in [0.25, 0.3) is 0 Å². The maximum atomic E-state index is 11.5. The normalized spacial score (nSPS) is 15.3. The van der Waals surface area contributed by atoms with Gasteiger partial charge in [-0.15, -0.1) is 0 Å². The third-order valence-corrected chi connectivity index (χ3v) is 3.75. The van der Waals surface area contributed by atoms with Gasteiger partial charge in [0.15, 0.2) is 0 Å². The summed E-state index contributed by atoms with van der Waals surface area (Å²) in [6, 6.07) is 0. The van der Waals surface area contributed by atoms with Gasteiger partial charge in [0, 0.05) is 17.3 Å². The summed E-state index contributed by atoms with van der Waals surface area (Å²) in [7, 11) is 0. The molecule has 3 heteroatoms. The van der Waals surface area contributed by atoms with Gasteiger partial charge in [0.1, 0.15) is 0 Å². The molecule has 0 spiro atoms. The number of carbonyl (C=O) groups excluding carboxylic acids is 1. The molecule has 0 aromatic heterocycles. The topological polar surface area (TPSA) is 29.1 Å². The van der Waals surface area contributed by atoms with Crippen molar-refractivity contribution in [1.29, 1.82) is 0 Å². The van der Waals surface area contributed by atoms with Crippen molar-refractivity contribution in [2.45, 2.75) is 45.4 Å². The van der Waals surface area contributed by atoms with Crippen LogP contribution in [-0.4, -0.2) is 17.3 Å². The minimum atomic E-state index is 0.145. The van der Waals surface area contributed by atoms with Crippen LogP contribution >= 0.6 is 15.9 Å². The summed E-state index contributed by atoms with van der Waals surface area (Å²) in [6.45, 7) is 9.09. The van der Waals surface area contributed by atoms with Crippen molar-refractivity contribution in [2.75, 3.05) is 6.54 Å². The van der Waals surface area contributed by atoms with Gasteiger partial charge < -0.3 is 5.32 Å². The molecule has 0 saturated carbocycles. The van der Waals surface area contributed by atoms with E-state index in [-0.39, 0.29) is 11.8 Å². The third kappa shape index (κ3) is 5.63. The van der Waals surface area contributed by atoms with E-state index in [1.54, 1.807) is 0 Å². The Bertz CT molecular complexity index is 171. The molecule has 0 aromatic carbocycles. The van der Waals surface area contributed by atoms with Gasteiger partial charge in [-0.05, 0) is 12.3 Å². The fraction of sp³-hybridized carbons (Fsp3) is 0.909. The lowest BCUT2D eigenvalue weighted by molar-refractivity contribution is -0.124. The fourth-order valence-electron chi connectivity index (χ4n) is 1.17. The molecular formula is C11H22BrNO. The first-order chi connectivity index (χ1) is 6.49. The molecule has 1 amide bonds. The number of alkyl halides is 1. The van der Waals surface area contributed by atoms with Crippen molar-refractivity contribution in [1.82, 2.24) is 5.32 Å². The average molecular weight is 264 g/mol. The number of amides is 1. The molecule has 0 bridgehead atoms. The van der Waals surface area contributed by atoms with Crippen LogP contribution in [0.3, 0.4) is 0 Å². The Balaban J connectivity index is 3.73. The van der Waals surface area contributed by atoms with Crippen molar-refractivity contribution in [3.05, 3.63) is 0 Å². The highest BCUT2D eigenvalue weighted by molar-refractivity contribution is 9.09. The molecule has 0 rings (SSSR count). The smallest absolute Gasteiger partial charge is 0.222 e. The first-order valence-electron chi connectivity index (χ1n) is 5.40. The van der Waals surface area contributed by atoms with E-state index in [2.05, 4.69) is 42.0 Å². The van der Waals surface area contributed by atoms with E-state index in [4.69, 9.17) is 0 Å². The van der Waals surface area contributed by atoms with E-state index < -0.39 is 0 Å². The number of hydrogen-bond acceptors (Lipinski definition) is 1. The van der Waals surface area contributed by atoms with Crippen molar-refractivity contribution in [2.24, 2.45) is 11.8 Å². The van der Waals surface area contributed by atoms with E-state index in [1.165, 1.54) is 0 Å². The molecular weight excluding hydrogens is 242 g/mol. The zero-order valence-electron chi connectivity index (χ0n) is 9.64. The largest absolute Gasteiger partial charge is 0.355 e. The summed E-state index contributed by atoms with van der Waals surface area (Å²) in [4.78, 5) is 11.9. The standard InChI is InChI=1S/C11H22BrNO/c1-5-6-9(4)11(14)13-7-10(12)8(2)3/h8-10H,5-7H2,1-4H3,(H,13,14). The SMILES string of the molecule is CCCC(C)C(=O)NCC(Br)C(C)C. The Kier molecular flexibility index (Phi) is 7.24. The number of hydrogen-bond donors (Lipinski definition) is 1. The van der Waals surface area contributed by atoms with E-state index in [9.17, 15) is 4.79 Å². The predicted octanol–water partition coefficient (Wildman–Crippen LogP) is 2.96. The number of halogens is 1. The zero-order chi connectivity index (χ0) is 11.1. The summed E-state index contributed by atoms with van der Waals surface area (Å²) in [5.41, 5.74) is 0. The monoisotopic (exact) mass is 263 g/mol. The minimum Gasteiger partial charge on any atom is -0.355 e. The quantitative estimate of drug-likeness (QED) is 0.734. The number of rotatable bonds is 6. The van der Waals surface area contributed by atoms with Crippen molar-refractivity contribution >= 4 is 21.8 Å². The summed E-state index contributed by atoms with van der Waals surface area (Å²) < 4.78 is 0. The summed E-state index contributed by atoms with van der Waals surface area (Å²) in [5.74, 6) is 0.876. The average Bonchev–Trinajstić information content (AvgIpc) is 2.13. The molecule has 0 radical (unpaired) electrons. The Morgan fingerprint density at radius 2 is 1.93 bits per heavy atom. The van der Waals surface area contributed by atoms with Crippen LogP contribution in [0.2, 0.25) is 0 Å². The van der Waals surface area contributed by atoms with Crippen LogP contribution in [0.4, 0.5) is 0 Å². The van der Waals surface area contributed by atoms with E-state index in [0.29, 0.717) is 10.7 Å². The van der Waals surface area contributed by atoms with Crippen LogP contribution in [0.1, 0.15) is 40.5 Å². The molecule has 1 N–H and O–H groups in total. The summed E-state index contributed by atoms with van der Waals surface area (Å²) in [6.07, 6.45) is 2.04.